The van der Waals surface area contributed by atoms with E-state index >= 15 is 0 Å². The van der Waals surface area contributed by atoms with Crippen LogP contribution in [0.4, 0.5) is 5.69 Å². The lowest BCUT2D eigenvalue weighted by Crippen LogP contribution is -2.34. The zero-order valence-corrected chi connectivity index (χ0v) is 20.4. The number of H-pyrrole nitrogens is 1. The number of nitrogens with one attached hydrogen (secondary N) is 3. The second-order valence-corrected chi connectivity index (χ2v) is 8.55. The molecule has 0 aliphatic carbocycles. The zero-order valence-electron chi connectivity index (χ0n) is 20.4. The minimum Gasteiger partial charge on any atom is -0.508 e. The maximum atomic E-state index is 13.0. The van der Waals surface area contributed by atoms with Gasteiger partial charge in [0.15, 0.2) is 0 Å². The number of aromatic hydroxyl groups is 1. The third-order valence-corrected chi connectivity index (χ3v) is 6.44. The summed E-state index contributed by atoms with van der Waals surface area (Å²) in [5, 5.41) is 15.9. The molecule has 4 N–H and O–H groups in total. The summed E-state index contributed by atoms with van der Waals surface area (Å²) in [6, 6.07) is 14.5. The summed E-state index contributed by atoms with van der Waals surface area (Å²) >= 11 is 0. The minimum absolute atomic E-state index is 0.159. The number of likely N-dealkylation sites (N-methyl/N-ethyl adjacent to an activating group) is 1. The fraction of sp³-hybridized carbons (Fsp3) is 0.286. The fourth-order valence-electron chi connectivity index (χ4n) is 4.47. The first kappa shape index (κ1) is 24.3. The zero-order chi connectivity index (χ0) is 24.9. The first-order valence-electron chi connectivity index (χ1n) is 12.1. The van der Waals surface area contributed by atoms with Crippen LogP contribution >= 0.6 is 0 Å². The van der Waals surface area contributed by atoms with E-state index in [9.17, 15) is 14.7 Å². The van der Waals surface area contributed by atoms with Gasteiger partial charge in [0, 0.05) is 30.0 Å². The van der Waals surface area contributed by atoms with Gasteiger partial charge in [-0.1, -0.05) is 45.0 Å². The van der Waals surface area contributed by atoms with E-state index in [1.54, 1.807) is 18.2 Å². The molecular weight excluding hydrogens is 440 g/mol. The Labute approximate surface area is 205 Å². The van der Waals surface area contributed by atoms with Crippen molar-refractivity contribution in [3.05, 3.63) is 71.0 Å². The molecule has 35 heavy (non-hydrogen) atoms. The van der Waals surface area contributed by atoms with Gasteiger partial charge in [-0.05, 0) is 66.5 Å². The lowest BCUT2D eigenvalue weighted by molar-refractivity contribution is -0.110. The molecule has 0 atom stereocenters. The van der Waals surface area contributed by atoms with Crippen LogP contribution in [-0.2, 0) is 11.2 Å². The second kappa shape index (κ2) is 10.6. The van der Waals surface area contributed by atoms with E-state index in [-0.39, 0.29) is 17.6 Å². The number of phenolic OH excluding ortho intramolecular Hbond substituents is 1. The quantitative estimate of drug-likeness (QED) is 0.344. The summed E-state index contributed by atoms with van der Waals surface area (Å²) < 4.78 is 0. The summed E-state index contributed by atoms with van der Waals surface area (Å²) in [7, 11) is 0. The van der Waals surface area contributed by atoms with E-state index in [0.29, 0.717) is 24.2 Å². The molecule has 0 bridgehead atoms. The van der Waals surface area contributed by atoms with Crippen LogP contribution in [0.1, 0.15) is 48.1 Å². The number of aromatic amines is 1. The third kappa shape index (κ3) is 5.15. The molecule has 2 aromatic carbocycles. The van der Waals surface area contributed by atoms with Gasteiger partial charge in [-0.25, -0.2) is 0 Å². The molecule has 7 heteroatoms. The van der Waals surface area contributed by atoms with Gasteiger partial charge in [0.2, 0.25) is 0 Å². The topological polar surface area (TPSA) is 97.5 Å². The Morgan fingerprint density at radius 1 is 1.09 bits per heavy atom. The average Bonchev–Trinajstić information content (AvgIpc) is 3.42. The normalized spacial score (nSPS) is 13.8. The van der Waals surface area contributed by atoms with E-state index in [2.05, 4.69) is 34.4 Å². The summed E-state index contributed by atoms with van der Waals surface area (Å²) in [6.45, 7) is 9.49. The van der Waals surface area contributed by atoms with Crippen LogP contribution in [0.2, 0.25) is 0 Å². The van der Waals surface area contributed by atoms with E-state index in [1.165, 1.54) is 0 Å². The van der Waals surface area contributed by atoms with Gasteiger partial charge < -0.3 is 25.6 Å². The van der Waals surface area contributed by atoms with Gasteiger partial charge in [-0.15, -0.1) is 0 Å². The first-order valence-corrected chi connectivity index (χ1v) is 12.1. The molecule has 0 saturated heterocycles. The van der Waals surface area contributed by atoms with Gasteiger partial charge in [-0.2, -0.15) is 0 Å². The Kier molecular flexibility index (Phi) is 7.36. The number of phenols is 1. The van der Waals surface area contributed by atoms with Crippen LogP contribution in [0.25, 0.3) is 22.8 Å². The van der Waals surface area contributed by atoms with Gasteiger partial charge in [0.05, 0.1) is 5.57 Å². The van der Waals surface area contributed by atoms with Crippen LogP contribution in [0.5, 0.6) is 5.75 Å². The van der Waals surface area contributed by atoms with Gasteiger partial charge >= 0.3 is 0 Å². The molecule has 2 amide bonds. The molecule has 0 unspecified atom stereocenters. The SMILES string of the molecule is CCc1cc(C(=O)NCCN(CC)CC)[nH]c1/C=C1\C(=O)Nc2cccc(-c3cccc(O)c3)c21. The van der Waals surface area contributed by atoms with Crippen LogP contribution in [0.3, 0.4) is 0 Å². The van der Waals surface area contributed by atoms with Crippen molar-refractivity contribution in [3.8, 4) is 16.9 Å². The highest BCUT2D eigenvalue weighted by molar-refractivity contribution is 6.36. The molecule has 0 radical (unpaired) electrons. The van der Waals surface area contributed by atoms with Crippen molar-refractivity contribution < 1.29 is 14.7 Å². The molecule has 7 nitrogen and oxygen atoms in total. The van der Waals surface area contributed by atoms with E-state index < -0.39 is 0 Å². The molecule has 0 fully saturated rings. The van der Waals surface area contributed by atoms with E-state index in [1.807, 2.05) is 43.3 Å². The number of benzene rings is 2. The molecule has 0 spiro atoms. The van der Waals surface area contributed by atoms with Crippen LogP contribution in [-0.4, -0.2) is 53.0 Å². The summed E-state index contributed by atoms with van der Waals surface area (Å²) in [5.41, 5.74) is 5.87. The number of carbonyl (C=O) groups is 2. The van der Waals surface area contributed by atoms with Crippen molar-refractivity contribution in [2.45, 2.75) is 27.2 Å². The predicted octanol–water partition coefficient (Wildman–Crippen LogP) is 4.51. The van der Waals surface area contributed by atoms with E-state index in [0.717, 1.165) is 53.3 Å². The Hall–Kier alpha value is -3.84. The van der Waals surface area contributed by atoms with Crippen molar-refractivity contribution in [2.75, 3.05) is 31.5 Å². The van der Waals surface area contributed by atoms with Crippen molar-refractivity contribution in [3.63, 3.8) is 0 Å². The maximum Gasteiger partial charge on any atom is 0.267 e. The molecule has 4 rings (SSSR count). The number of rotatable bonds is 9. The highest BCUT2D eigenvalue weighted by Gasteiger charge is 2.28. The number of fused-ring (bicyclic) bond motifs is 1. The number of carbonyl (C=O) groups excluding carboxylic acids is 2. The Morgan fingerprint density at radius 3 is 2.57 bits per heavy atom. The van der Waals surface area contributed by atoms with Crippen molar-refractivity contribution in [2.24, 2.45) is 0 Å². The van der Waals surface area contributed by atoms with Crippen LogP contribution < -0.4 is 10.6 Å². The van der Waals surface area contributed by atoms with Crippen molar-refractivity contribution >= 4 is 29.2 Å². The number of anilines is 1. The predicted molar refractivity (Wildman–Crippen MR) is 140 cm³/mol. The maximum absolute atomic E-state index is 13.0. The van der Waals surface area contributed by atoms with Gasteiger partial charge in [0.25, 0.3) is 11.8 Å². The number of aromatic nitrogens is 1. The fourth-order valence-corrected chi connectivity index (χ4v) is 4.47. The lowest BCUT2D eigenvalue weighted by Gasteiger charge is -2.17. The molecule has 1 aromatic heterocycles. The number of hydrogen-bond donors (Lipinski definition) is 4. The first-order chi connectivity index (χ1) is 16.9. The Morgan fingerprint density at radius 2 is 1.86 bits per heavy atom. The number of amides is 2. The monoisotopic (exact) mass is 472 g/mol. The van der Waals surface area contributed by atoms with Crippen molar-refractivity contribution in [1.29, 1.82) is 0 Å². The van der Waals surface area contributed by atoms with Crippen LogP contribution in [0.15, 0.2) is 48.5 Å². The highest BCUT2D eigenvalue weighted by Crippen LogP contribution is 2.41. The standard InChI is InChI=1S/C28H32N4O3/c1-4-18-16-25(28(35)29-13-14-32(5-2)6-3)30-24(18)17-22-26-21(19-9-7-10-20(33)15-19)11-8-12-23(26)31-27(22)34/h7-12,15-17,30,33H,4-6,13-14H2,1-3H3,(H,29,35)(H,31,34)/b22-17-. The summed E-state index contributed by atoms with van der Waals surface area (Å²) in [5.74, 6) is -0.195. The lowest BCUT2D eigenvalue weighted by atomic mass is 9.94. The molecule has 182 valence electrons. The second-order valence-electron chi connectivity index (χ2n) is 8.55. The number of hydrogen-bond acceptors (Lipinski definition) is 4. The Balaban J connectivity index is 1.66. The third-order valence-electron chi connectivity index (χ3n) is 6.44. The van der Waals surface area contributed by atoms with Gasteiger partial charge in [0.1, 0.15) is 11.4 Å². The number of aryl methyl sites for hydroxylation is 1. The largest absolute Gasteiger partial charge is 0.508 e. The molecule has 0 saturated carbocycles. The summed E-state index contributed by atoms with van der Waals surface area (Å²) in [6.07, 6.45) is 2.53. The Bertz CT molecular complexity index is 1270. The summed E-state index contributed by atoms with van der Waals surface area (Å²) in [4.78, 5) is 31.2. The van der Waals surface area contributed by atoms with Crippen LogP contribution in [0, 0.1) is 0 Å². The van der Waals surface area contributed by atoms with Crippen molar-refractivity contribution in [1.82, 2.24) is 15.2 Å². The van der Waals surface area contributed by atoms with Gasteiger partial charge in [-0.3, -0.25) is 9.59 Å². The molecule has 1 aliphatic heterocycles. The van der Waals surface area contributed by atoms with E-state index in [4.69, 9.17) is 0 Å². The molecule has 2 heterocycles. The smallest absolute Gasteiger partial charge is 0.267 e. The molecule has 3 aromatic rings. The average molecular weight is 473 g/mol. The highest BCUT2D eigenvalue weighted by atomic mass is 16.3. The number of nitrogens with zero attached hydrogens (tertiary/aromatic N) is 1. The molecule has 1 aliphatic rings. The molecular formula is C28H32N4O3. The minimum atomic E-state index is -0.200.